The van der Waals surface area contributed by atoms with E-state index in [1.54, 1.807) is 11.3 Å². The average Bonchev–Trinajstić information content (AvgIpc) is 3.17. The van der Waals surface area contributed by atoms with Crippen molar-refractivity contribution in [3.63, 3.8) is 0 Å². The Morgan fingerprint density at radius 3 is 2.23 bits per heavy atom. The summed E-state index contributed by atoms with van der Waals surface area (Å²) in [7, 11) is 0. The summed E-state index contributed by atoms with van der Waals surface area (Å²) in [5, 5.41) is 0.979. The van der Waals surface area contributed by atoms with E-state index in [4.69, 9.17) is 4.98 Å². The number of rotatable bonds is 5. The van der Waals surface area contributed by atoms with Crippen LogP contribution in [0.4, 0.5) is 0 Å². The molecule has 4 rings (SSSR count). The lowest BCUT2D eigenvalue weighted by Gasteiger charge is -2.18. The molecule has 1 heterocycles. The highest BCUT2D eigenvalue weighted by molar-refractivity contribution is 7.21. The zero-order valence-corrected chi connectivity index (χ0v) is 18.7. The van der Waals surface area contributed by atoms with Crippen molar-refractivity contribution in [2.45, 2.75) is 27.7 Å². The van der Waals surface area contributed by atoms with Crippen LogP contribution in [0.25, 0.3) is 31.9 Å². The summed E-state index contributed by atoms with van der Waals surface area (Å²) >= 11 is 1.67. The van der Waals surface area contributed by atoms with Crippen LogP contribution < -0.4 is 0 Å². The lowest BCUT2D eigenvalue weighted by molar-refractivity contribution is 0.0773. The van der Waals surface area contributed by atoms with E-state index in [0.717, 1.165) is 20.8 Å². The second-order valence-corrected chi connectivity index (χ2v) is 8.63. The number of carbonyl (C=O) groups excluding carboxylic acids is 1. The number of aromatic nitrogens is 1. The predicted molar refractivity (Wildman–Crippen MR) is 127 cm³/mol. The molecule has 3 aromatic carbocycles. The molecule has 0 aliphatic carbocycles. The molecule has 1 amide bonds. The van der Waals surface area contributed by atoms with Gasteiger partial charge in [0.25, 0.3) is 5.91 Å². The molecule has 0 saturated heterocycles. The molecule has 4 aromatic rings. The van der Waals surface area contributed by atoms with Crippen LogP contribution in [0.5, 0.6) is 0 Å². The maximum absolute atomic E-state index is 12.7. The van der Waals surface area contributed by atoms with E-state index in [1.807, 2.05) is 36.9 Å². The monoisotopic (exact) mass is 414 g/mol. The third kappa shape index (κ3) is 3.88. The first-order valence-electron chi connectivity index (χ1n) is 10.4. The number of aryl methyl sites for hydroxylation is 2. The smallest absolute Gasteiger partial charge is 0.253 e. The topological polar surface area (TPSA) is 33.2 Å². The summed E-state index contributed by atoms with van der Waals surface area (Å²) in [6.45, 7) is 9.68. The van der Waals surface area contributed by atoms with E-state index in [2.05, 4.69) is 56.3 Å². The number of nitrogens with zero attached hydrogens (tertiary/aromatic N) is 2. The van der Waals surface area contributed by atoms with Crippen molar-refractivity contribution >= 4 is 27.5 Å². The van der Waals surface area contributed by atoms with Gasteiger partial charge in [-0.2, -0.15) is 0 Å². The average molecular weight is 415 g/mol. The molecule has 0 radical (unpaired) electrons. The molecule has 0 bridgehead atoms. The number of fused-ring (bicyclic) bond motifs is 1. The molecule has 4 heteroatoms. The lowest BCUT2D eigenvalue weighted by Crippen LogP contribution is -2.30. The van der Waals surface area contributed by atoms with E-state index in [0.29, 0.717) is 18.7 Å². The third-order valence-corrected chi connectivity index (χ3v) is 6.45. The predicted octanol–water partition coefficient (Wildman–Crippen LogP) is 6.73. The van der Waals surface area contributed by atoms with Crippen LogP contribution in [0, 0.1) is 13.8 Å². The first-order valence-corrected chi connectivity index (χ1v) is 11.2. The number of hydrogen-bond acceptors (Lipinski definition) is 3. The van der Waals surface area contributed by atoms with Gasteiger partial charge in [0.1, 0.15) is 5.01 Å². The maximum Gasteiger partial charge on any atom is 0.253 e. The van der Waals surface area contributed by atoms with Gasteiger partial charge in [-0.1, -0.05) is 53.6 Å². The zero-order chi connectivity index (χ0) is 21.3. The minimum atomic E-state index is 0.0621. The fraction of sp³-hybridized carbons (Fsp3) is 0.231. The Morgan fingerprint density at radius 1 is 0.900 bits per heavy atom. The SMILES string of the molecule is CCN(CC)C(=O)c1ccc2sc(-c3ccccc3-c3cc(C)cc(C)c3)nc2c1. The highest BCUT2D eigenvalue weighted by Gasteiger charge is 2.16. The Balaban J connectivity index is 1.79. The molecular formula is C26H26N2OS. The summed E-state index contributed by atoms with van der Waals surface area (Å²) in [5.41, 5.74) is 7.60. The summed E-state index contributed by atoms with van der Waals surface area (Å²) < 4.78 is 1.09. The first-order chi connectivity index (χ1) is 14.5. The summed E-state index contributed by atoms with van der Waals surface area (Å²) in [5.74, 6) is 0.0621. The van der Waals surface area contributed by atoms with Crippen molar-refractivity contribution in [2.75, 3.05) is 13.1 Å². The Morgan fingerprint density at radius 2 is 1.57 bits per heavy atom. The normalized spacial score (nSPS) is 11.1. The molecule has 0 atom stereocenters. The van der Waals surface area contributed by atoms with Crippen molar-refractivity contribution in [2.24, 2.45) is 0 Å². The Bertz CT molecular complexity index is 1200. The van der Waals surface area contributed by atoms with Crippen molar-refractivity contribution in [1.82, 2.24) is 9.88 Å². The Hall–Kier alpha value is -2.98. The van der Waals surface area contributed by atoms with Gasteiger partial charge in [0.15, 0.2) is 0 Å². The summed E-state index contributed by atoms with van der Waals surface area (Å²) in [6, 6.07) is 20.9. The molecule has 0 N–H and O–H groups in total. The molecule has 152 valence electrons. The van der Waals surface area contributed by atoms with E-state index in [1.165, 1.54) is 22.3 Å². The van der Waals surface area contributed by atoms with Crippen molar-refractivity contribution < 1.29 is 4.79 Å². The van der Waals surface area contributed by atoms with Gasteiger partial charge in [0.05, 0.1) is 10.2 Å². The minimum absolute atomic E-state index is 0.0621. The standard InChI is InChI=1S/C26H26N2OS/c1-5-28(6-2)26(29)19-11-12-24-23(16-19)27-25(30-24)22-10-8-7-9-21(22)20-14-17(3)13-18(4)15-20/h7-16H,5-6H2,1-4H3. The minimum Gasteiger partial charge on any atom is -0.339 e. The number of amides is 1. The van der Waals surface area contributed by atoms with Crippen LogP contribution in [0.1, 0.15) is 35.3 Å². The van der Waals surface area contributed by atoms with Crippen LogP contribution in [-0.4, -0.2) is 28.9 Å². The van der Waals surface area contributed by atoms with E-state index >= 15 is 0 Å². The summed E-state index contributed by atoms with van der Waals surface area (Å²) in [6.07, 6.45) is 0. The molecule has 0 aliphatic heterocycles. The highest BCUT2D eigenvalue weighted by Crippen LogP contribution is 2.37. The first kappa shape index (κ1) is 20.3. The van der Waals surface area contributed by atoms with E-state index in [9.17, 15) is 4.79 Å². The number of hydrogen-bond donors (Lipinski definition) is 0. The molecule has 0 spiro atoms. The Kier molecular flexibility index (Phi) is 5.69. The zero-order valence-electron chi connectivity index (χ0n) is 17.9. The van der Waals surface area contributed by atoms with Gasteiger partial charge in [-0.25, -0.2) is 4.98 Å². The molecule has 3 nitrogen and oxygen atoms in total. The van der Waals surface area contributed by atoms with Crippen LogP contribution in [0.3, 0.4) is 0 Å². The lowest BCUT2D eigenvalue weighted by atomic mass is 9.97. The van der Waals surface area contributed by atoms with Gasteiger partial charge >= 0.3 is 0 Å². The van der Waals surface area contributed by atoms with Crippen molar-refractivity contribution in [3.05, 3.63) is 77.4 Å². The molecule has 0 fully saturated rings. The van der Waals surface area contributed by atoms with Gasteiger partial charge in [-0.3, -0.25) is 4.79 Å². The van der Waals surface area contributed by atoms with E-state index < -0.39 is 0 Å². The summed E-state index contributed by atoms with van der Waals surface area (Å²) in [4.78, 5) is 19.5. The largest absolute Gasteiger partial charge is 0.339 e. The number of thiazole rings is 1. The fourth-order valence-corrected chi connectivity index (χ4v) is 4.91. The van der Waals surface area contributed by atoms with Gasteiger partial charge in [-0.05, 0) is 57.0 Å². The molecule has 0 aliphatic rings. The number of carbonyl (C=O) groups is 1. The van der Waals surface area contributed by atoms with Crippen LogP contribution in [-0.2, 0) is 0 Å². The van der Waals surface area contributed by atoms with Gasteiger partial charge < -0.3 is 4.90 Å². The second kappa shape index (κ2) is 8.41. The maximum atomic E-state index is 12.7. The van der Waals surface area contributed by atoms with Crippen LogP contribution in [0.15, 0.2) is 60.7 Å². The third-order valence-electron chi connectivity index (χ3n) is 5.38. The number of benzene rings is 3. The molecule has 0 unspecified atom stereocenters. The molecular weight excluding hydrogens is 388 g/mol. The van der Waals surface area contributed by atoms with Crippen molar-refractivity contribution in [1.29, 1.82) is 0 Å². The van der Waals surface area contributed by atoms with Gasteiger partial charge in [0.2, 0.25) is 0 Å². The molecule has 30 heavy (non-hydrogen) atoms. The van der Waals surface area contributed by atoms with Crippen molar-refractivity contribution in [3.8, 4) is 21.7 Å². The Labute approximate surface area is 182 Å². The second-order valence-electron chi connectivity index (χ2n) is 7.60. The fourth-order valence-electron chi connectivity index (χ4n) is 3.92. The van der Waals surface area contributed by atoms with Gasteiger partial charge in [0, 0.05) is 24.2 Å². The quantitative estimate of drug-likeness (QED) is 0.363. The van der Waals surface area contributed by atoms with Gasteiger partial charge in [-0.15, -0.1) is 11.3 Å². The van der Waals surface area contributed by atoms with E-state index in [-0.39, 0.29) is 5.91 Å². The van der Waals surface area contributed by atoms with Crippen LogP contribution >= 0.6 is 11.3 Å². The van der Waals surface area contributed by atoms with Crippen LogP contribution in [0.2, 0.25) is 0 Å². The molecule has 0 saturated carbocycles. The highest BCUT2D eigenvalue weighted by atomic mass is 32.1. The molecule has 1 aromatic heterocycles.